The van der Waals surface area contributed by atoms with Gasteiger partial charge in [-0.3, -0.25) is 14.7 Å². The fraction of sp³-hybridized carbons (Fsp3) is 0.261. The molecule has 0 aliphatic heterocycles. The lowest BCUT2D eigenvalue weighted by Gasteiger charge is -2.13. The van der Waals surface area contributed by atoms with Crippen LogP contribution in [0.1, 0.15) is 47.8 Å². The molecule has 3 N–H and O–H groups in total. The van der Waals surface area contributed by atoms with Gasteiger partial charge in [0.15, 0.2) is 5.82 Å². The van der Waals surface area contributed by atoms with E-state index in [-0.39, 0.29) is 17.7 Å². The first-order valence-corrected chi connectivity index (χ1v) is 9.93. The predicted octanol–water partition coefficient (Wildman–Crippen LogP) is 4.18. The van der Waals surface area contributed by atoms with Gasteiger partial charge in [-0.25, -0.2) is 0 Å². The molecule has 1 atom stereocenters. The number of ether oxygens (including phenoxy) is 2. The molecule has 162 valence electrons. The van der Waals surface area contributed by atoms with E-state index < -0.39 is 0 Å². The van der Waals surface area contributed by atoms with E-state index in [0.717, 1.165) is 11.3 Å². The highest BCUT2D eigenvalue weighted by Gasteiger charge is 2.17. The quantitative estimate of drug-likeness (QED) is 0.505. The maximum atomic E-state index is 12.8. The Bertz CT molecular complexity index is 1050. The second-order valence-corrected chi connectivity index (χ2v) is 6.98. The third-order valence-electron chi connectivity index (χ3n) is 4.95. The minimum atomic E-state index is -0.360. The number of nitrogens with zero attached hydrogens (tertiary/aromatic N) is 1. The Morgan fingerprint density at radius 1 is 1.03 bits per heavy atom. The van der Waals surface area contributed by atoms with Crippen molar-refractivity contribution in [3.8, 4) is 11.5 Å². The van der Waals surface area contributed by atoms with E-state index in [1.807, 2.05) is 25.1 Å². The van der Waals surface area contributed by atoms with E-state index in [1.54, 1.807) is 51.5 Å². The van der Waals surface area contributed by atoms with Gasteiger partial charge >= 0.3 is 0 Å². The Hall–Kier alpha value is -3.81. The van der Waals surface area contributed by atoms with Crippen molar-refractivity contribution in [3.05, 3.63) is 65.4 Å². The Morgan fingerprint density at radius 2 is 1.71 bits per heavy atom. The third kappa shape index (κ3) is 5.22. The van der Waals surface area contributed by atoms with Crippen LogP contribution >= 0.6 is 0 Å². The van der Waals surface area contributed by atoms with Gasteiger partial charge in [-0.1, -0.05) is 26.0 Å². The standard InChI is InChI=1S/C23H26N4O4/c1-5-22(28)24-19-9-7-6-8-18(19)23(29)25-21-13-20(26-27-21)14(2)15-10-16(30-3)12-17(11-15)31-4/h6-14H,5H2,1-4H3,(H,24,28)(H2,25,26,27,29). The molecule has 0 bridgehead atoms. The molecule has 1 heterocycles. The van der Waals surface area contributed by atoms with Crippen LogP contribution in [0.5, 0.6) is 11.5 Å². The molecular weight excluding hydrogens is 396 g/mol. The first-order valence-electron chi connectivity index (χ1n) is 9.93. The number of benzene rings is 2. The number of amides is 2. The zero-order chi connectivity index (χ0) is 22.4. The van der Waals surface area contributed by atoms with Gasteiger partial charge in [0.1, 0.15) is 11.5 Å². The number of hydrogen-bond donors (Lipinski definition) is 3. The number of hydrogen-bond acceptors (Lipinski definition) is 5. The first kappa shape index (κ1) is 21.9. The van der Waals surface area contributed by atoms with Crippen LogP contribution < -0.4 is 20.1 Å². The van der Waals surface area contributed by atoms with Gasteiger partial charge in [0.2, 0.25) is 5.91 Å². The van der Waals surface area contributed by atoms with Gasteiger partial charge in [0, 0.05) is 30.2 Å². The van der Waals surface area contributed by atoms with E-state index in [9.17, 15) is 9.59 Å². The molecule has 2 aromatic carbocycles. The minimum Gasteiger partial charge on any atom is -0.497 e. The van der Waals surface area contributed by atoms with E-state index >= 15 is 0 Å². The fourth-order valence-electron chi connectivity index (χ4n) is 3.09. The summed E-state index contributed by atoms with van der Waals surface area (Å²) in [6.45, 7) is 3.77. The van der Waals surface area contributed by atoms with Crippen molar-refractivity contribution in [3.63, 3.8) is 0 Å². The van der Waals surface area contributed by atoms with E-state index in [1.165, 1.54) is 0 Å². The molecule has 0 saturated heterocycles. The molecular formula is C23H26N4O4. The predicted molar refractivity (Wildman–Crippen MR) is 119 cm³/mol. The molecule has 8 nitrogen and oxygen atoms in total. The monoisotopic (exact) mass is 422 g/mol. The summed E-state index contributed by atoms with van der Waals surface area (Å²) in [4.78, 5) is 24.5. The summed E-state index contributed by atoms with van der Waals surface area (Å²) in [6, 6.07) is 14.3. The molecule has 0 aliphatic rings. The van der Waals surface area contributed by atoms with E-state index in [4.69, 9.17) is 9.47 Å². The van der Waals surface area contributed by atoms with Gasteiger partial charge < -0.3 is 20.1 Å². The highest BCUT2D eigenvalue weighted by atomic mass is 16.5. The average Bonchev–Trinajstić information content (AvgIpc) is 3.26. The Balaban J connectivity index is 1.78. The van der Waals surface area contributed by atoms with Crippen LogP contribution in [0.25, 0.3) is 0 Å². The highest BCUT2D eigenvalue weighted by Crippen LogP contribution is 2.31. The second kappa shape index (κ2) is 9.80. The highest BCUT2D eigenvalue weighted by molar-refractivity contribution is 6.09. The lowest BCUT2D eigenvalue weighted by atomic mass is 9.97. The number of H-pyrrole nitrogens is 1. The van der Waals surface area contributed by atoms with Crippen molar-refractivity contribution in [1.82, 2.24) is 10.2 Å². The van der Waals surface area contributed by atoms with Crippen molar-refractivity contribution >= 4 is 23.3 Å². The topological polar surface area (TPSA) is 105 Å². The Kier molecular flexibility index (Phi) is 6.92. The fourth-order valence-corrected chi connectivity index (χ4v) is 3.09. The Morgan fingerprint density at radius 3 is 2.35 bits per heavy atom. The molecule has 0 saturated carbocycles. The van der Waals surface area contributed by atoms with Gasteiger partial charge in [-0.15, -0.1) is 0 Å². The van der Waals surface area contributed by atoms with Crippen molar-refractivity contribution in [1.29, 1.82) is 0 Å². The van der Waals surface area contributed by atoms with E-state index in [2.05, 4.69) is 20.8 Å². The van der Waals surface area contributed by atoms with Gasteiger partial charge in [-0.05, 0) is 29.8 Å². The maximum Gasteiger partial charge on any atom is 0.258 e. The molecule has 31 heavy (non-hydrogen) atoms. The summed E-state index contributed by atoms with van der Waals surface area (Å²) in [5.41, 5.74) is 2.61. The molecule has 1 aromatic heterocycles. The number of aromatic nitrogens is 2. The first-order chi connectivity index (χ1) is 14.9. The van der Waals surface area contributed by atoms with Crippen molar-refractivity contribution < 1.29 is 19.1 Å². The van der Waals surface area contributed by atoms with Crippen LogP contribution in [0.4, 0.5) is 11.5 Å². The number of carbonyl (C=O) groups excluding carboxylic acids is 2. The molecule has 2 amide bonds. The number of rotatable bonds is 8. The maximum absolute atomic E-state index is 12.8. The average molecular weight is 422 g/mol. The van der Waals surface area contributed by atoms with Gasteiger partial charge in [0.25, 0.3) is 5.91 Å². The van der Waals surface area contributed by atoms with Crippen molar-refractivity contribution in [2.75, 3.05) is 24.9 Å². The van der Waals surface area contributed by atoms with Crippen molar-refractivity contribution in [2.24, 2.45) is 0 Å². The van der Waals surface area contributed by atoms with Crippen LogP contribution in [0.2, 0.25) is 0 Å². The van der Waals surface area contributed by atoms with Crippen LogP contribution in [-0.4, -0.2) is 36.2 Å². The number of carbonyl (C=O) groups is 2. The van der Waals surface area contributed by atoms with Crippen LogP contribution in [0, 0.1) is 0 Å². The van der Waals surface area contributed by atoms with Crippen molar-refractivity contribution in [2.45, 2.75) is 26.2 Å². The van der Waals surface area contributed by atoms with Gasteiger partial charge in [-0.2, -0.15) is 5.10 Å². The molecule has 0 aliphatic carbocycles. The molecule has 8 heteroatoms. The largest absolute Gasteiger partial charge is 0.497 e. The molecule has 0 radical (unpaired) electrons. The van der Waals surface area contributed by atoms with Gasteiger partial charge in [0.05, 0.1) is 25.5 Å². The summed E-state index contributed by atoms with van der Waals surface area (Å²) >= 11 is 0. The summed E-state index contributed by atoms with van der Waals surface area (Å²) in [5.74, 6) is 1.21. The number of aromatic amines is 1. The number of para-hydroxylation sites is 1. The summed E-state index contributed by atoms with van der Waals surface area (Å²) in [5, 5.41) is 12.7. The van der Waals surface area contributed by atoms with Crippen LogP contribution in [-0.2, 0) is 4.79 Å². The Labute approximate surface area is 181 Å². The second-order valence-electron chi connectivity index (χ2n) is 6.98. The zero-order valence-electron chi connectivity index (χ0n) is 18.0. The smallest absolute Gasteiger partial charge is 0.258 e. The lowest BCUT2D eigenvalue weighted by Crippen LogP contribution is -2.17. The lowest BCUT2D eigenvalue weighted by molar-refractivity contribution is -0.115. The number of anilines is 2. The molecule has 3 rings (SSSR count). The summed E-state index contributed by atoms with van der Waals surface area (Å²) in [6.07, 6.45) is 0.325. The number of methoxy groups -OCH3 is 2. The third-order valence-corrected chi connectivity index (χ3v) is 4.95. The summed E-state index contributed by atoms with van der Waals surface area (Å²) < 4.78 is 10.7. The molecule has 0 fully saturated rings. The molecule has 1 unspecified atom stereocenters. The molecule has 3 aromatic rings. The zero-order valence-corrected chi connectivity index (χ0v) is 18.0. The normalized spacial score (nSPS) is 11.5. The van der Waals surface area contributed by atoms with E-state index in [0.29, 0.717) is 35.0 Å². The van der Waals surface area contributed by atoms with Crippen LogP contribution in [0.3, 0.4) is 0 Å². The SMILES string of the molecule is CCC(=O)Nc1ccccc1C(=O)Nc1cc(C(C)c2cc(OC)cc(OC)c2)[nH]n1. The van der Waals surface area contributed by atoms with Crippen LogP contribution in [0.15, 0.2) is 48.5 Å². The summed E-state index contributed by atoms with van der Waals surface area (Å²) in [7, 11) is 3.21. The number of nitrogens with one attached hydrogen (secondary N) is 3. The molecule has 0 spiro atoms. The minimum absolute atomic E-state index is 0.0433.